The predicted molar refractivity (Wildman–Crippen MR) is 55.9 cm³/mol. The van der Waals surface area contributed by atoms with Crippen molar-refractivity contribution >= 4 is 11.5 Å². The number of pyridine rings is 1. The van der Waals surface area contributed by atoms with Gasteiger partial charge in [0.15, 0.2) is 5.82 Å². The molecule has 0 aromatic carbocycles. The van der Waals surface area contributed by atoms with Crippen molar-refractivity contribution in [1.82, 2.24) is 4.98 Å². The summed E-state index contributed by atoms with van der Waals surface area (Å²) in [7, 11) is 0. The molecule has 1 aliphatic heterocycles. The summed E-state index contributed by atoms with van der Waals surface area (Å²) < 4.78 is 0. The van der Waals surface area contributed by atoms with Gasteiger partial charge in [0, 0.05) is 12.2 Å². The number of nitrogens with zero attached hydrogens (tertiary/aromatic N) is 2. The Morgan fingerprint density at radius 1 is 1.43 bits per heavy atom. The van der Waals surface area contributed by atoms with Gasteiger partial charge in [-0.2, -0.15) is 0 Å². The van der Waals surface area contributed by atoms with Crippen molar-refractivity contribution in [2.75, 3.05) is 23.9 Å². The number of nitrogen functional groups attached to an aromatic ring is 1. The van der Waals surface area contributed by atoms with Crippen molar-refractivity contribution in [1.29, 1.82) is 0 Å². The fourth-order valence-corrected chi connectivity index (χ4v) is 1.52. The normalized spacial score (nSPS) is 17.1. The predicted octanol–water partition coefficient (Wildman–Crippen LogP) is 1.50. The van der Waals surface area contributed by atoms with Crippen molar-refractivity contribution in [2.45, 2.75) is 19.8 Å². The molecule has 76 valence electrons. The summed E-state index contributed by atoms with van der Waals surface area (Å²) in [5.41, 5.74) is 7.48. The molecule has 1 fully saturated rings. The maximum atomic E-state index is 5.84. The monoisotopic (exact) mass is 193 g/mol. The Morgan fingerprint density at radius 2 is 2.29 bits per heavy atom. The molecule has 2 heterocycles. The van der Waals surface area contributed by atoms with Gasteiger partial charge in [-0.05, 0) is 31.9 Å². The van der Waals surface area contributed by atoms with Crippen LogP contribution in [-0.2, 0) is 4.84 Å². The lowest BCUT2D eigenvalue weighted by molar-refractivity contribution is 0.0764. The molecule has 14 heavy (non-hydrogen) atoms. The van der Waals surface area contributed by atoms with Crippen molar-refractivity contribution in [3.05, 3.63) is 17.8 Å². The smallest absolute Gasteiger partial charge is 0.176 e. The lowest BCUT2D eigenvalue weighted by atomic mass is 10.3. The summed E-state index contributed by atoms with van der Waals surface area (Å²) >= 11 is 0. The van der Waals surface area contributed by atoms with Gasteiger partial charge in [-0.1, -0.05) is 0 Å². The number of aryl methyl sites for hydroxylation is 1. The summed E-state index contributed by atoms with van der Waals surface area (Å²) in [5, 5.41) is 1.80. The van der Waals surface area contributed by atoms with Gasteiger partial charge in [0.2, 0.25) is 0 Å². The molecule has 2 rings (SSSR count). The van der Waals surface area contributed by atoms with Crippen LogP contribution >= 0.6 is 0 Å². The maximum absolute atomic E-state index is 5.84. The third-order valence-electron chi connectivity index (χ3n) is 2.28. The van der Waals surface area contributed by atoms with Gasteiger partial charge < -0.3 is 5.73 Å². The van der Waals surface area contributed by atoms with E-state index in [9.17, 15) is 0 Å². The van der Waals surface area contributed by atoms with Crippen molar-refractivity contribution in [3.63, 3.8) is 0 Å². The number of hydroxylamine groups is 1. The van der Waals surface area contributed by atoms with E-state index in [4.69, 9.17) is 10.6 Å². The van der Waals surface area contributed by atoms with Crippen LogP contribution in [0.3, 0.4) is 0 Å². The SMILES string of the molecule is Cc1ccc(N)c(N2CCCCO2)n1. The van der Waals surface area contributed by atoms with Crippen LogP contribution in [-0.4, -0.2) is 18.1 Å². The highest BCUT2D eigenvalue weighted by molar-refractivity contribution is 5.61. The first-order valence-electron chi connectivity index (χ1n) is 4.91. The van der Waals surface area contributed by atoms with Gasteiger partial charge in [-0.3, -0.25) is 4.84 Å². The van der Waals surface area contributed by atoms with Crippen LogP contribution in [0.15, 0.2) is 12.1 Å². The van der Waals surface area contributed by atoms with E-state index < -0.39 is 0 Å². The highest BCUT2D eigenvalue weighted by Crippen LogP contribution is 2.23. The highest BCUT2D eigenvalue weighted by atomic mass is 16.7. The Labute approximate surface area is 83.6 Å². The van der Waals surface area contributed by atoms with Crippen molar-refractivity contribution in [2.24, 2.45) is 0 Å². The molecular formula is C10H15N3O. The Balaban J connectivity index is 2.24. The molecule has 1 saturated heterocycles. The molecule has 0 saturated carbocycles. The zero-order valence-electron chi connectivity index (χ0n) is 8.36. The summed E-state index contributed by atoms with van der Waals surface area (Å²) in [4.78, 5) is 9.86. The molecule has 0 radical (unpaired) electrons. The number of aromatic nitrogens is 1. The zero-order chi connectivity index (χ0) is 9.97. The largest absolute Gasteiger partial charge is 0.396 e. The zero-order valence-corrected chi connectivity index (χ0v) is 8.36. The number of anilines is 2. The van der Waals surface area contributed by atoms with Crippen molar-refractivity contribution < 1.29 is 4.84 Å². The quantitative estimate of drug-likeness (QED) is 0.734. The number of hydrogen-bond donors (Lipinski definition) is 1. The molecule has 4 heteroatoms. The van der Waals surface area contributed by atoms with E-state index in [-0.39, 0.29) is 0 Å². The minimum absolute atomic E-state index is 0.678. The molecular weight excluding hydrogens is 178 g/mol. The summed E-state index contributed by atoms with van der Waals surface area (Å²) in [6.07, 6.45) is 2.25. The van der Waals surface area contributed by atoms with Gasteiger partial charge in [0.05, 0.1) is 12.3 Å². The van der Waals surface area contributed by atoms with Crippen LogP contribution in [0.5, 0.6) is 0 Å². The van der Waals surface area contributed by atoms with E-state index in [2.05, 4.69) is 4.98 Å². The maximum Gasteiger partial charge on any atom is 0.176 e. The van der Waals surface area contributed by atoms with Crippen LogP contribution in [0.25, 0.3) is 0 Å². The molecule has 0 bridgehead atoms. The molecule has 1 aromatic heterocycles. The van der Waals surface area contributed by atoms with Crippen LogP contribution in [0.4, 0.5) is 11.5 Å². The minimum atomic E-state index is 0.678. The standard InChI is InChI=1S/C10H15N3O/c1-8-4-5-9(11)10(12-8)13-6-2-3-7-14-13/h4-5H,2-3,6-7,11H2,1H3. The fraction of sp³-hybridized carbons (Fsp3) is 0.500. The summed E-state index contributed by atoms with van der Waals surface area (Å²) in [5.74, 6) is 0.754. The van der Waals surface area contributed by atoms with Gasteiger partial charge >= 0.3 is 0 Å². The molecule has 0 spiro atoms. The molecule has 0 amide bonds. The molecule has 4 nitrogen and oxygen atoms in total. The van der Waals surface area contributed by atoms with Gasteiger partial charge in [0.1, 0.15) is 0 Å². The van der Waals surface area contributed by atoms with E-state index in [1.165, 1.54) is 0 Å². The van der Waals surface area contributed by atoms with Crippen LogP contribution in [0.2, 0.25) is 0 Å². The second-order valence-electron chi connectivity index (χ2n) is 3.51. The van der Waals surface area contributed by atoms with E-state index in [0.717, 1.165) is 37.5 Å². The second kappa shape index (κ2) is 3.84. The van der Waals surface area contributed by atoms with Gasteiger partial charge in [-0.15, -0.1) is 0 Å². The lowest BCUT2D eigenvalue weighted by Gasteiger charge is -2.27. The Hall–Kier alpha value is -1.29. The number of nitrogens with two attached hydrogens (primary N) is 1. The molecule has 2 N–H and O–H groups in total. The van der Waals surface area contributed by atoms with Crippen LogP contribution in [0, 0.1) is 6.92 Å². The third kappa shape index (κ3) is 1.80. The Kier molecular flexibility index (Phi) is 2.54. The molecule has 0 unspecified atom stereocenters. The molecule has 1 aromatic rings. The van der Waals surface area contributed by atoms with Crippen LogP contribution < -0.4 is 10.8 Å². The van der Waals surface area contributed by atoms with E-state index in [1.54, 1.807) is 5.06 Å². The average Bonchev–Trinajstić information content (AvgIpc) is 2.23. The fourth-order valence-electron chi connectivity index (χ4n) is 1.52. The first kappa shape index (κ1) is 9.27. The average molecular weight is 193 g/mol. The minimum Gasteiger partial charge on any atom is -0.396 e. The first-order valence-corrected chi connectivity index (χ1v) is 4.91. The second-order valence-corrected chi connectivity index (χ2v) is 3.51. The molecule has 0 atom stereocenters. The summed E-state index contributed by atoms with van der Waals surface area (Å²) in [6, 6.07) is 3.78. The first-order chi connectivity index (χ1) is 6.77. The number of hydrogen-bond acceptors (Lipinski definition) is 4. The highest BCUT2D eigenvalue weighted by Gasteiger charge is 2.15. The lowest BCUT2D eigenvalue weighted by Crippen LogP contribution is -2.31. The molecule has 0 aliphatic carbocycles. The van der Waals surface area contributed by atoms with Crippen molar-refractivity contribution in [3.8, 4) is 0 Å². The number of rotatable bonds is 1. The summed E-state index contributed by atoms with van der Waals surface area (Å²) in [6.45, 7) is 3.59. The van der Waals surface area contributed by atoms with E-state index >= 15 is 0 Å². The topological polar surface area (TPSA) is 51.4 Å². The van der Waals surface area contributed by atoms with E-state index in [1.807, 2.05) is 19.1 Å². The van der Waals surface area contributed by atoms with Gasteiger partial charge in [-0.25, -0.2) is 10.0 Å². The Bertz CT molecular complexity index is 321. The van der Waals surface area contributed by atoms with Crippen LogP contribution in [0.1, 0.15) is 18.5 Å². The Morgan fingerprint density at radius 3 is 3.00 bits per heavy atom. The molecule has 1 aliphatic rings. The van der Waals surface area contributed by atoms with E-state index in [0.29, 0.717) is 5.69 Å². The van der Waals surface area contributed by atoms with Gasteiger partial charge in [0.25, 0.3) is 0 Å². The third-order valence-corrected chi connectivity index (χ3v) is 2.28.